The Bertz CT molecular complexity index is 290. The molecule has 6 heteroatoms. The maximum absolute atomic E-state index is 9.87. The summed E-state index contributed by atoms with van der Waals surface area (Å²) in [5.74, 6) is 0. The number of hydrogen-bond acceptors (Lipinski definition) is 4. The van der Waals surface area contributed by atoms with E-state index in [0.29, 0.717) is 24.6 Å². The molecule has 0 radical (unpaired) electrons. The first-order chi connectivity index (χ1) is 7.54. The number of nitrogens with zero attached hydrogens (tertiary/aromatic N) is 2. The van der Waals surface area contributed by atoms with Crippen LogP contribution < -0.4 is 5.32 Å². The Kier molecular flexibility index (Phi) is 4.93. The molecule has 1 heterocycles. The number of nitriles is 1. The van der Waals surface area contributed by atoms with Crippen LogP contribution in [0.2, 0.25) is 0 Å². The van der Waals surface area contributed by atoms with Crippen LogP contribution in [0.3, 0.4) is 0 Å². The van der Waals surface area contributed by atoms with E-state index in [1.807, 2.05) is 20.2 Å². The van der Waals surface area contributed by atoms with Gasteiger partial charge in [-0.25, -0.2) is 0 Å². The lowest BCUT2D eigenvalue weighted by Crippen LogP contribution is -2.53. The fourth-order valence-electron chi connectivity index (χ4n) is 1.52. The highest BCUT2D eigenvalue weighted by Crippen LogP contribution is 2.16. The second kappa shape index (κ2) is 5.99. The molecule has 0 aliphatic carbocycles. The summed E-state index contributed by atoms with van der Waals surface area (Å²) in [5.41, 5.74) is 0. The van der Waals surface area contributed by atoms with Gasteiger partial charge in [0.2, 0.25) is 0 Å². The summed E-state index contributed by atoms with van der Waals surface area (Å²) in [6.45, 7) is 0.376. The van der Waals surface area contributed by atoms with Crippen LogP contribution in [0.1, 0.15) is 12.8 Å². The molecule has 0 aromatic rings. The van der Waals surface area contributed by atoms with E-state index in [0.717, 1.165) is 0 Å². The molecule has 5 nitrogen and oxygen atoms in total. The Morgan fingerprint density at radius 3 is 2.88 bits per heavy atom. The lowest BCUT2D eigenvalue weighted by Gasteiger charge is -2.34. The van der Waals surface area contributed by atoms with E-state index in [4.69, 9.17) is 22.2 Å². The van der Waals surface area contributed by atoms with E-state index in [2.05, 4.69) is 5.32 Å². The zero-order chi connectivity index (χ0) is 12.1. The molecule has 1 rings (SSSR count). The third kappa shape index (κ3) is 3.59. The van der Waals surface area contributed by atoms with Gasteiger partial charge in [-0.2, -0.15) is 5.26 Å². The molecule has 1 fully saturated rings. The molecule has 16 heavy (non-hydrogen) atoms. The second-order valence-electron chi connectivity index (χ2n) is 4.07. The highest BCUT2D eigenvalue weighted by Gasteiger charge is 2.30. The van der Waals surface area contributed by atoms with Crippen molar-refractivity contribution < 1.29 is 9.84 Å². The van der Waals surface area contributed by atoms with E-state index in [-0.39, 0.29) is 12.1 Å². The monoisotopic (exact) mass is 243 g/mol. The first-order valence-corrected chi connectivity index (χ1v) is 5.60. The first kappa shape index (κ1) is 13.2. The van der Waals surface area contributed by atoms with Crippen molar-refractivity contribution in [1.82, 2.24) is 10.2 Å². The first-order valence-electron chi connectivity index (χ1n) is 5.19. The predicted octanol–water partition coefficient (Wildman–Crippen LogP) is -0.145. The zero-order valence-electron chi connectivity index (χ0n) is 9.51. The molecule has 1 aliphatic rings. The minimum absolute atomic E-state index is 0.161. The van der Waals surface area contributed by atoms with Crippen LogP contribution in [-0.4, -0.2) is 54.1 Å². The van der Waals surface area contributed by atoms with E-state index in [9.17, 15) is 5.11 Å². The second-order valence-corrected chi connectivity index (χ2v) is 4.46. The largest absolute Gasteiger partial charge is 0.391 e. The third-order valence-corrected chi connectivity index (χ3v) is 3.00. The Balaban J connectivity index is 2.42. The SMILES string of the molecule is CN(C)C(=S)NC1COC(CC#N)CC1O. The molecule has 1 saturated heterocycles. The van der Waals surface area contributed by atoms with E-state index < -0.39 is 6.10 Å². The summed E-state index contributed by atoms with van der Waals surface area (Å²) in [5, 5.41) is 22.0. The molecule has 2 N–H and O–H groups in total. The van der Waals surface area contributed by atoms with Crippen molar-refractivity contribution in [3.8, 4) is 6.07 Å². The van der Waals surface area contributed by atoms with Crippen LogP contribution >= 0.6 is 12.2 Å². The van der Waals surface area contributed by atoms with Crippen molar-refractivity contribution in [3.63, 3.8) is 0 Å². The predicted molar refractivity (Wildman–Crippen MR) is 63.8 cm³/mol. The van der Waals surface area contributed by atoms with Gasteiger partial charge in [-0.15, -0.1) is 0 Å². The van der Waals surface area contributed by atoms with Crippen LogP contribution in [0.5, 0.6) is 0 Å². The van der Waals surface area contributed by atoms with Gasteiger partial charge in [-0.05, 0) is 12.2 Å². The quantitative estimate of drug-likeness (QED) is 0.658. The summed E-state index contributed by atoms with van der Waals surface area (Å²) in [4.78, 5) is 1.77. The molecule has 0 aromatic heterocycles. The van der Waals surface area contributed by atoms with Crippen LogP contribution in [0.4, 0.5) is 0 Å². The molecule has 1 aliphatic heterocycles. The number of nitrogens with one attached hydrogen (secondary N) is 1. The molecule has 3 atom stereocenters. The Labute approximate surface area is 101 Å². The van der Waals surface area contributed by atoms with Crippen molar-refractivity contribution in [2.45, 2.75) is 31.1 Å². The number of aliphatic hydroxyl groups excluding tert-OH is 1. The Morgan fingerprint density at radius 1 is 1.69 bits per heavy atom. The van der Waals surface area contributed by atoms with Crippen LogP contribution in [-0.2, 0) is 4.74 Å². The minimum atomic E-state index is -0.523. The Hall–Kier alpha value is -0.900. The fourth-order valence-corrected chi connectivity index (χ4v) is 1.67. The van der Waals surface area contributed by atoms with Gasteiger partial charge in [0.15, 0.2) is 5.11 Å². The molecule has 0 bridgehead atoms. The fraction of sp³-hybridized carbons (Fsp3) is 0.800. The Morgan fingerprint density at radius 2 is 2.38 bits per heavy atom. The van der Waals surface area contributed by atoms with E-state index in [1.165, 1.54) is 0 Å². The summed E-state index contributed by atoms with van der Waals surface area (Å²) < 4.78 is 5.46. The van der Waals surface area contributed by atoms with E-state index in [1.54, 1.807) is 4.90 Å². The maximum atomic E-state index is 9.87. The molecule has 0 aromatic carbocycles. The van der Waals surface area contributed by atoms with Gasteiger partial charge in [0, 0.05) is 20.5 Å². The van der Waals surface area contributed by atoms with Crippen LogP contribution in [0.25, 0.3) is 0 Å². The van der Waals surface area contributed by atoms with Crippen molar-refractivity contribution in [1.29, 1.82) is 5.26 Å². The minimum Gasteiger partial charge on any atom is -0.391 e. The van der Waals surface area contributed by atoms with Gasteiger partial charge in [-0.3, -0.25) is 0 Å². The third-order valence-electron chi connectivity index (χ3n) is 2.51. The number of rotatable bonds is 2. The summed E-state index contributed by atoms with van der Waals surface area (Å²) >= 11 is 5.09. The standard InChI is InChI=1S/C10H17N3O2S/c1-13(2)10(16)12-8-6-15-7(3-4-11)5-9(8)14/h7-9,14H,3,5-6H2,1-2H3,(H,12,16). The van der Waals surface area contributed by atoms with E-state index >= 15 is 0 Å². The number of thiocarbonyl (C=S) groups is 1. The smallest absolute Gasteiger partial charge is 0.168 e. The number of ether oxygens (including phenoxy) is 1. The summed E-state index contributed by atoms with van der Waals surface area (Å²) in [6.07, 6.45) is 0.111. The van der Waals surface area contributed by atoms with Crippen molar-refractivity contribution >= 4 is 17.3 Å². The van der Waals surface area contributed by atoms with Gasteiger partial charge in [0.05, 0.1) is 37.3 Å². The normalized spacial score (nSPS) is 29.2. The topological polar surface area (TPSA) is 68.5 Å². The average molecular weight is 243 g/mol. The number of hydrogen-bond donors (Lipinski definition) is 2. The van der Waals surface area contributed by atoms with Gasteiger partial charge < -0.3 is 20.1 Å². The molecule has 0 amide bonds. The van der Waals surface area contributed by atoms with Crippen molar-refractivity contribution in [2.24, 2.45) is 0 Å². The average Bonchev–Trinajstić information content (AvgIpc) is 2.22. The van der Waals surface area contributed by atoms with Gasteiger partial charge >= 0.3 is 0 Å². The molecule has 90 valence electrons. The number of aliphatic hydroxyl groups is 1. The summed E-state index contributed by atoms with van der Waals surface area (Å²) in [7, 11) is 3.67. The molecular weight excluding hydrogens is 226 g/mol. The van der Waals surface area contributed by atoms with Gasteiger partial charge in [0.25, 0.3) is 0 Å². The molecule has 3 unspecified atom stereocenters. The van der Waals surface area contributed by atoms with Crippen LogP contribution in [0.15, 0.2) is 0 Å². The highest BCUT2D eigenvalue weighted by atomic mass is 32.1. The highest BCUT2D eigenvalue weighted by molar-refractivity contribution is 7.80. The maximum Gasteiger partial charge on any atom is 0.168 e. The van der Waals surface area contributed by atoms with Gasteiger partial charge in [0.1, 0.15) is 0 Å². The zero-order valence-corrected chi connectivity index (χ0v) is 10.3. The molecular formula is C10H17N3O2S. The lowest BCUT2D eigenvalue weighted by molar-refractivity contribution is -0.0592. The van der Waals surface area contributed by atoms with Gasteiger partial charge in [-0.1, -0.05) is 0 Å². The van der Waals surface area contributed by atoms with Crippen molar-refractivity contribution in [3.05, 3.63) is 0 Å². The summed E-state index contributed by atoms with van der Waals surface area (Å²) in [6, 6.07) is 1.85. The lowest BCUT2D eigenvalue weighted by atomic mass is 10.00. The van der Waals surface area contributed by atoms with Crippen molar-refractivity contribution in [2.75, 3.05) is 20.7 Å². The molecule has 0 saturated carbocycles. The van der Waals surface area contributed by atoms with Crippen LogP contribution in [0, 0.1) is 11.3 Å². The molecule has 0 spiro atoms.